The third kappa shape index (κ3) is 2.37. The molecule has 1 aliphatic carbocycles. The fourth-order valence-corrected chi connectivity index (χ4v) is 1.71. The summed E-state index contributed by atoms with van der Waals surface area (Å²) in [6.07, 6.45) is 1.96. The maximum absolute atomic E-state index is 13.5. The van der Waals surface area contributed by atoms with Gasteiger partial charge in [-0.05, 0) is 36.9 Å². The van der Waals surface area contributed by atoms with E-state index in [1.807, 2.05) is 0 Å². The summed E-state index contributed by atoms with van der Waals surface area (Å²) in [6.45, 7) is 0.975. The first kappa shape index (κ1) is 11.8. The van der Waals surface area contributed by atoms with E-state index in [0.29, 0.717) is 13.1 Å². The SMILES string of the molecule is N#Cc1cc(F)c(NCC2(CN)CC2)c(F)c1. The standard InChI is InChI=1S/C12H13F2N3/c13-9-3-8(5-15)4-10(14)11(9)17-7-12(6-16)1-2-12/h3-4,17H,1-2,6-7,16H2. The summed E-state index contributed by atoms with van der Waals surface area (Å²) in [5.41, 5.74) is 5.38. The topological polar surface area (TPSA) is 61.8 Å². The van der Waals surface area contributed by atoms with Gasteiger partial charge in [-0.1, -0.05) is 0 Å². The molecule has 3 N–H and O–H groups in total. The van der Waals surface area contributed by atoms with E-state index in [1.165, 1.54) is 0 Å². The number of halogens is 2. The smallest absolute Gasteiger partial charge is 0.150 e. The molecule has 1 aliphatic rings. The molecule has 0 radical (unpaired) electrons. The quantitative estimate of drug-likeness (QED) is 0.841. The lowest BCUT2D eigenvalue weighted by atomic mass is 10.1. The van der Waals surface area contributed by atoms with Crippen molar-refractivity contribution in [2.45, 2.75) is 12.8 Å². The fraction of sp³-hybridized carbons (Fsp3) is 0.417. The van der Waals surface area contributed by atoms with Crippen molar-refractivity contribution in [3.8, 4) is 6.07 Å². The van der Waals surface area contributed by atoms with Crippen LogP contribution in [0.4, 0.5) is 14.5 Å². The van der Waals surface area contributed by atoms with E-state index in [1.54, 1.807) is 6.07 Å². The summed E-state index contributed by atoms with van der Waals surface area (Å²) in [4.78, 5) is 0. The highest BCUT2D eigenvalue weighted by atomic mass is 19.1. The van der Waals surface area contributed by atoms with Crippen LogP contribution < -0.4 is 11.1 Å². The Labute approximate surface area is 98.2 Å². The number of nitrogens with zero attached hydrogens (tertiary/aromatic N) is 1. The molecule has 90 valence electrons. The summed E-state index contributed by atoms with van der Waals surface area (Å²) in [7, 11) is 0. The number of anilines is 1. The van der Waals surface area contributed by atoms with E-state index in [-0.39, 0.29) is 16.7 Å². The van der Waals surface area contributed by atoms with Crippen molar-refractivity contribution in [1.29, 1.82) is 5.26 Å². The third-order valence-corrected chi connectivity index (χ3v) is 3.20. The van der Waals surface area contributed by atoms with Crippen LogP contribution in [0.15, 0.2) is 12.1 Å². The highest BCUT2D eigenvalue weighted by Gasteiger charge is 2.41. The Morgan fingerprint density at radius 1 is 1.35 bits per heavy atom. The normalized spacial score (nSPS) is 16.4. The molecule has 0 saturated heterocycles. The lowest BCUT2D eigenvalue weighted by Crippen LogP contribution is -2.24. The minimum absolute atomic E-state index is 0.00716. The van der Waals surface area contributed by atoms with Gasteiger partial charge in [0.15, 0.2) is 11.6 Å². The van der Waals surface area contributed by atoms with Crippen LogP contribution in [0.3, 0.4) is 0 Å². The Morgan fingerprint density at radius 2 is 1.94 bits per heavy atom. The third-order valence-electron chi connectivity index (χ3n) is 3.20. The average molecular weight is 237 g/mol. The van der Waals surface area contributed by atoms with Crippen LogP contribution in [0, 0.1) is 28.4 Å². The zero-order chi connectivity index (χ0) is 12.5. The lowest BCUT2D eigenvalue weighted by molar-refractivity contribution is 0.542. The van der Waals surface area contributed by atoms with Gasteiger partial charge in [-0.2, -0.15) is 5.26 Å². The van der Waals surface area contributed by atoms with Gasteiger partial charge in [0.2, 0.25) is 0 Å². The van der Waals surface area contributed by atoms with Gasteiger partial charge in [-0.3, -0.25) is 0 Å². The number of hydrogen-bond donors (Lipinski definition) is 2. The number of hydrogen-bond acceptors (Lipinski definition) is 3. The maximum Gasteiger partial charge on any atom is 0.150 e. The monoisotopic (exact) mass is 237 g/mol. The zero-order valence-corrected chi connectivity index (χ0v) is 9.26. The van der Waals surface area contributed by atoms with Crippen LogP contribution in [0.25, 0.3) is 0 Å². The summed E-state index contributed by atoms with van der Waals surface area (Å²) in [6, 6.07) is 3.75. The molecule has 0 spiro atoms. The molecule has 17 heavy (non-hydrogen) atoms. The molecule has 3 nitrogen and oxygen atoms in total. The van der Waals surface area contributed by atoms with Crippen molar-refractivity contribution in [3.63, 3.8) is 0 Å². The van der Waals surface area contributed by atoms with Crippen LogP contribution in [-0.2, 0) is 0 Å². The van der Waals surface area contributed by atoms with Gasteiger partial charge in [-0.25, -0.2) is 8.78 Å². The van der Waals surface area contributed by atoms with E-state index in [0.717, 1.165) is 25.0 Å². The molecule has 0 aliphatic heterocycles. The molecule has 5 heteroatoms. The van der Waals surface area contributed by atoms with E-state index in [4.69, 9.17) is 11.0 Å². The number of nitrogens with two attached hydrogens (primary N) is 1. The Balaban J connectivity index is 2.14. The second-order valence-electron chi connectivity index (χ2n) is 4.48. The molecule has 1 aromatic rings. The minimum Gasteiger partial charge on any atom is -0.380 e. The lowest BCUT2D eigenvalue weighted by Gasteiger charge is -2.15. The summed E-state index contributed by atoms with van der Waals surface area (Å²) < 4.78 is 27.0. The Bertz CT molecular complexity index is 452. The van der Waals surface area contributed by atoms with Crippen LogP contribution in [0.1, 0.15) is 18.4 Å². The van der Waals surface area contributed by atoms with Gasteiger partial charge < -0.3 is 11.1 Å². The van der Waals surface area contributed by atoms with Crippen molar-refractivity contribution in [1.82, 2.24) is 0 Å². The van der Waals surface area contributed by atoms with Gasteiger partial charge in [0.1, 0.15) is 5.69 Å². The van der Waals surface area contributed by atoms with Crippen LogP contribution in [0.2, 0.25) is 0 Å². The Hall–Kier alpha value is -1.67. The molecular formula is C12H13F2N3. The molecule has 2 rings (SSSR count). The summed E-state index contributed by atoms with van der Waals surface area (Å²) in [5.74, 6) is -1.48. The number of rotatable bonds is 4. The second-order valence-corrected chi connectivity index (χ2v) is 4.48. The van der Waals surface area contributed by atoms with Gasteiger partial charge >= 0.3 is 0 Å². The molecule has 0 atom stereocenters. The van der Waals surface area contributed by atoms with Crippen LogP contribution >= 0.6 is 0 Å². The maximum atomic E-state index is 13.5. The minimum atomic E-state index is -0.741. The van der Waals surface area contributed by atoms with Crippen molar-refractivity contribution in [3.05, 3.63) is 29.3 Å². The van der Waals surface area contributed by atoms with E-state index >= 15 is 0 Å². The van der Waals surface area contributed by atoms with E-state index < -0.39 is 11.6 Å². The predicted molar refractivity (Wildman–Crippen MR) is 60.3 cm³/mol. The summed E-state index contributed by atoms with van der Waals surface area (Å²) >= 11 is 0. The molecule has 0 heterocycles. The molecule has 1 saturated carbocycles. The van der Waals surface area contributed by atoms with Crippen molar-refractivity contribution in [2.75, 3.05) is 18.4 Å². The highest BCUT2D eigenvalue weighted by molar-refractivity contribution is 5.50. The second kappa shape index (κ2) is 4.30. The zero-order valence-electron chi connectivity index (χ0n) is 9.26. The van der Waals surface area contributed by atoms with Crippen LogP contribution in [-0.4, -0.2) is 13.1 Å². The van der Waals surface area contributed by atoms with Gasteiger partial charge in [0.25, 0.3) is 0 Å². The molecule has 1 aromatic carbocycles. The van der Waals surface area contributed by atoms with Gasteiger partial charge in [0.05, 0.1) is 11.6 Å². The van der Waals surface area contributed by atoms with Crippen molar-refractivity contribution >= 4 is 5.69 Å². The number of nitriles is 1. The molecule has 0 bridgehead atoms. The predicted octanol–water partition coefficient (Wildman–Crippen LogP) is 1.99. The summed E-state index contributed by atoms with van der Waals surface area (Å²) in [5, 5.41) is 11.3. The Morgan fingerprint density at radius 3 is 2.35 bits per heavy atom. The highest BCUT2D eigenvalue weighted by Crippen LogP contribution is 2.44. The number of benzene rings is 1. The average Bonchev–Trinajstić information content (AvgIpc) is 3.08. The van der Waals surface area contributed by atoms with Crippen LogP contribution in [0.5, 0.6) is 0 Å². The Kier molecular flexibility index (Phi) is 2.99. The molecule has 0 amide bonds. The largest absolute Gasteiger partial charge is 0.380 e. The fourth-order valence-electron chi connectivity index (χ4n) is 1.71. The van der Waals surface area contributed by atoms with Gasteiger partial charge in [0, 0.05) is 6.54 Å². The van der Waals surface area contributed by atoms with Gasteiger partial charge in [-0.15, -0.1) is 0 Å². The first-order chi connectivity index (χ1) is 8.10. The molecule has 0 aromatic heterocycles. The first-order valence-electron chi connectivity index (χ1n) is 5.43. The molecule has 1 fully saturated rings. The number of nitrogens with one attached hydrogen (secondary N) is 1. The van der Waals surface area contributed by atoms with E-state index in [9.17, 15) is 8.78 Å². The van der Waals surface area contributed by atoms with E-state index in [2.05, 4.69) is 5.32 Å². The first-order valence-corrected chi connectivity index (χ1v) is 5.43. The van der Waals surface area contributed by atoms with Crippen molar-refractivity contribution in [2.24, 2.45) is 11.1 Å². The molecule has 0 unspecified atom stereocenters. The molecular weight excluding hydrogens is 224 g/mol. The van der Waals surface area contributed by atoms with Crippen molar-refractivity contribution < 1.29 is 8.78 Å².